The molecule has 28 heavy (non-hydrogen) atoms. The minimum Gasteiger partial charge on any atom is -0.489 e. The van der Waals surface area contributed by atoms with Gasteiger partial charge in [-0.1, -0.05) is 63.4 Å². The highest BCUT2D eigenvalue weighted by atomic mass is 79.9. The van der Waals surface area contributed by atoms with Crippen molar-refractivity contribution in [2.75, 3.05) is 0 Å². The van der Waals surface area contributed by atoms with Gasteiger partial charge in [0.25, 0.3) is 0 Å². The second-order valence-electron chi connectivity index (χ2n) is 6.16. The number of hydrogen-bond acceptors (Lipinski definition) is 3. The van der Waals surface area contributed by atoms with Gasteiger partial charge < -0.3 is 9.47 Å². The maximum absolute atomic E-state index is 12.6. The Balaban J connectivity index is 1.53. The quantitative estimate of drug-likeness (QED) is 0.383. The fourth-order valence-electron chi connectivity index (χ4n) is 2.78. The van der Waals surface area contributed by atoms with Gasteiger partial charge in [-0.05, 0) is 47.5 Å². The van der Waals surface area contributed by atoms with Gasteiger partial charge in [-0.3, -0.25) is 4.79 Å². The van der Waals surface area contributed by atoms with E-state index < -0.39 is 0 Å². The molecule has 0 aliphatic carbocycles. The Labute approximate surface area is 180 Å². The standard InChI is InChI=1S/C22H13BrCl2O3/c23-15-6-4-13(5-7-15)12-27-16-8-9-17-19(11-16)28-20(22(17)26)10-14-2-1-3-18(24)21(14)25/h1-11H,12H2. The van der Waals surface area contributed by atoms with E-state index >= 15 is 0 Å². The Kier molecular flexibility index (Phi) is 5.44. The monoisotopic (exact) mass is 474 g/mol. The first-order valence-electron chi connectivity index (χ1n) is 8.41. The molecule has 0 saturated carbocycles. The van der Waals surface area contributed by atoms with Gasteiger partial charge in [0.2, 0.25) is 5.78 Å². The Morgan fingerprint density at radius 2 is 1.82 bits per heavy atom. The number of hydrogen-bond donors (Lipinski definition) is 0. The van der Waals surface area contributed by atoms with Gasteiger partial charge >= 0.3 is 0 Å². The first kappa shape index (κ1) is 19.1. The molecule has 0 atom stereocenters. The molecule has 3 nitrogen and oxygen atoms in total. The van der Waals surface area contributed by atoms with Crippen molar-refractivity contribution in [3.63, 3.8) is 0 Å². The van der Waals surface area contributed by atoms with Crippen molar-refractivity contribution >= 4 is 51.0 Å². The van der Waals surface area contributed by atoms with Gasteiger partial charge in [0.15, 0.2) is 5.76 Å². The van der Waals surface area contributed by atoms with Gasteiger partial charge in [-0.25, -0.2) is 0 Å². The molecule has 140 valence electrons. The molecular formula is C22H13BrCl2O3. The molecule has 0 saturated heterocycles. The zero-order valence-electron chi connectivity index (χ0n) is 14.4. The highest BCUT2D eigenvalue weighted by Crippen LogP contribution is 2.36. The van der Waals surface area contributed by atoms with Crippen molar-refractivity contribution in [2.24, 2.45) is 0 Å². The Morgan fingerprint density at radius 3 is 2.61 bits per heavy atom. The topological polar surface area (TPSA) is 35.5 Å². The van der Waals surface area contributed by atoms with Crippen molar-refractivity contribution in [2.45, 2.75) is 6.61 Å². The van der Waals surface area contributed by atoms with Crippen LogP contribution >= 0.6 is 39.1 Å². The van der Waals surface area contributed by atoms with Gasteiger partial charge in [0.1, 0.15) is 18.1 Å². The number of benzene rings is 3. The van der Waals surface area contributed by atoms with E-state index in [9.17, 15) is 4.79 Å². The summed E-state index contributed by atoms with van der Waals surface area (Å²) < 4.78 is 12.6. The van der Waals surface area contributed by atoms with Crippen molar-refractivity contribution in [1.82, 2.24) is 0 Å². The fraction of sp³-hybridized carbons (Fsp3) is 0.0455. The molecule has 0 N–H and O–H groups in total. The predicted molar refractivity (Wildman–Crippen MR) is 114 cm³/mol. The number of ether oxygens (including phenoxy) is 2. The van der Waals surface area contributed by atoms with Crippen LogP contribution in [0, 0.1) is 0 Å². The highest BCUT2D eigenvalue weighted by Gasteiger charge is 2.28. The van der Waals surface area contributed by atoms with Crippen LogP contribution in [0.1, 0.15) is 21.5 Å². The first-order valence-corrected chi connectivity index (χ1v) is 9.96. The summed E-state index contributed by atoms with van der Waals surface area (Å²) in [4.78, 5) is 12.6. The lowest BCUT2D eigenvalue weighted by Gasteiger charge is -2.07. The van der Waals surface area contributed by atoms with Crippen molar-refractivity contribution in [3.8, 4) is 11.5 Å². The summed E-state index contributed by atoms with van der Waals surface area (Å²) in [5.41, 5.74) is 2.15. The lowest BCUT2D eigenvalue weighted by atomic mass is 10.1. The SMILES string of the molecule is O=C1C(=Cc2cccc(Cl)c2Cl)Oc2cc(OCc3ccc(Br)cc3)ccc21. The van der Waals surface area contributed by atoms with E-state index in [1.807, 2.05) is 24.3 Å². The van der Waals surface area contributed by atoms with Crippen LogP contribution < -0.4 is 9.47 Å². The van der Waals surface area contributed by atoms with Gasteiger partial charge in [0, 0.05) is 10.5 Å². The molecule has 0 amide bonds. The van der Waals surface area contributed by atoms with Crippen molar-refractivity contribution in [1.29, 1.82) is 0 Å². The normalized spacial score (nSPS) is 14.1. The molecule has 6 heteroatoms. The Hall–Kier alpha value is -2.27. The molecule has 0 unspecified atom stereocenters. The van der Waals surface area contributed by atoms with Crippen LogP contribution in [0.25, 0.3) is 6.08 Å². The summed E-state index contributed by atoms with van der Waals surface area (Å²) in [5.74, 6) is 1.08. The molecule has 1 heterocycles. The Morgan fingerprint density at radius 1 is 1.04 bits per heavy atom. The van der Waals surface area contributed by atoms with Gasteiger partial charge in [-0.15, -0.1) is 0 Å². The summed E-state index contributed by atoms with van der Waals surface area (Å²) in [6.45, 7) is 0.417. The summed E-state index contributed by atoms with van der Waals surface area (Å²) >= 11 is 15.6. The molecule has 0 spiro atoms. The summed E-state index contributed by atoms with van der Waals surface area (Å²) in [5, 5.41) is 0.796. The Bertz CT molecular complexity index is 1090. The van der Waals surface area contributed by atoms with E-state index in [1.54, 1.807) is 42.5 Å². The van der Waals surface area contributed by atoms with E-state index in [4.69, 9.17) is 32.7 Å². The van der Waals surface area contributed by atoms with Crippen LogP contribution in [0.5, 0.6) is 11.5 Å². The van der Waals surface area contributed by atoms with Gasteiger partial charge in [-0.2, -0.15) is 0 Å². The van der Waals surface area contributed by atoms with E-state index in [-0.39, 0.29) is 11.5 Å². The van der Waals surface area contributed by atoms with Crippen LogP contribution in [0.4, 0.5) is 0 Å². The molecule has 1 aliphatic heterocycles. The van der Waals surface area contributed by atoms with Crippen LogP contribution in [0.2, 0.25) is 10.0 Å². The molecule has 3 aromatic carbocycles. The minimum absolute atomic E-state index is 0.198. The molecular weight excluding hydrogens is 463 g/mol. The second-order valence-corrected chi connectivity index (χ2v) is 7.86. The largest absolute Gasteiger partial charge is 0.489 e. The zero-order chi connectivity index (χ0) is 19.7. The van der Waals surface area contributed by atoms with E-state index in [0.717, 1.165) is 10.0 Å². The maximum atomic E-state index is 12.6. The van der Waals surface area contributed by atoms with Gasteiger partial charge in [0.05, 0.1) is 15.6 Å². The number of ketones is 1. The highest BCUT2D eigenvalue weighted by molar-refractivity contribution is 9.10. The van der Waals surface area contributed by atoms with E-state index in [0.29, 0.717) is 39.3 Å². The first-order chi connectivity index (χ1) is 13.5. The van der Waals surface area contributed by atoms with Crippen LogP contribution in [-0.2, 0) is 6.61 Å². The average Bonchev–Trinajstić information content (AvgIpc) is 3.00. The average molecular weight is 476 g/mol. The molecule has 0 bridgehead atoms. The van der Waals surface area contributed by atoms with Crippen LogP contribution in [0.15, 0.2) is 70.9 Å². The maximum Gasteiger partial charge on any atom is 0.231 e. The smallest absolute Gasteiger partial charge is 0.231 e. The third kappa shape index (κ3) is 3.95. The van der Waals surface area contributed by atoms with Crippen LogP contribution in [0.3, 0.4) is 0 Å². The fourth-order valence-corrected chi connectivity index (χ4v) is 3.40. The summed E-state index contributed by atoms with van der Waals surface area (Å²) in [7, 11) is 0. The van der Waals surface area contributed by atoms with E-state index in [2.05, 4.69) is 15.9 Å². The number of rotatable bonds is 4. The zero-order valence-corrected chi connectivity index (χ0v) is 17.5. The summed E-state index contributed by atoms with van der Waals surface area (Å²) in [6.07, 6.45) is 1.60. The lowest BCUT2D eigenvalue weighted by molar-refractivity contribution is 0.101. The number of carbonyl (C=O) groups excluding carboxylic acids is 1. The number of carbonyl (C=O) groups is 1. The molecule has 0 fully saturated rings. The second kappa shape index (κ2) is 8.00. The number of Topliss-reactive ketones (excluding diaryl/α,β-unsaturated/α-hetero) is 1. The third-order valence-corrected chi connectivity index (χ3v) is 5.59. The number of fused-ring (bicyclic) bond motifs is 1. The predicted octanol–water partition coefficient (Wildman–Crippen LogP) is 6.95. The lowest BCUT2D eigenvalue weighted by Crippen LogP contribution is -1.98. The number of halogens is 3. The molecule has 4 rings (SSSR count). The third-order valence-electron chi connectivity index (χ3n) is 4.23. The van der Waals surface area contributed by atoms with Crippen LogP contribution in [-0.4, -0.2) is 5.78 Å². The molecule has 1 aliphatic rings. The number of allylic oxidation sites excluding steroid dienone is 1. The van der Waals surface area contributed by atoms with E-state index in [1.165, 1.54) is 0 Å². The molecule has 3 aromatic rings. The molecule has 0 radical (unpaired) electrons. The molecule has 0 aromatic heterocycles. The van der Waals surface area contributed by atoms with Crippen molar-refractivity contribution < 1.29 is 14.3 Å². The minimum atomic E-state index is -0.203. The van der Waals surface area contributed by atoms with Crippen molar-refractivity contribution in [3.05, 3.63) is 97.6 Å². The summed E-state index contributed by atoms with van der Waals surface area (Å²) in [6, 6.07) is 18.3.